The second-order valence-electron chi connectivity index (χ2n) is 4.01. The molecule has 7 heteroatoms. The average Bonchev–Trinajstić information content (AvgIpc) is 2.35. The van der Waals surface area contributed by atoms with Crippen LogP contribution in [0.3, 0.4) is 0 Å². The summed E-state index contributed by atoms with van der Waals surface area (Å²) in [5.41, 5.74) is 0.786. The molecule has 0 atom stereocenters. The van der Waals surface area contributed by atoms with Crippen molar-refractivity contribution in [2.24, 2.45) is 0 Å². The van der Waals surface area contributed by atoms with Gasteiger partial charge in [-0.25, -0.2) is 13.1 Å². The Kier molecular flexibility index (Phi) is 6.27. The second-order valence-corrected chi connectivity index (χ2v) is 6.34. The van der Waals surface area contributed by atoms with Crippen molar-refractivity contribution in [3.63, 3.8) is 0 Å². The fourth-order valence-corrected chi connectivity index (χ4v) is 2.65. The molecular weight excluding hydrogens is 288 g/mol. The van der Waals surface area contributed by atoms with Crippen LogP contribution in [0.15, 0.2) is 24.3 Å². The molecule has 0 unspecified atom stereocenters. The molecule has 0 aliphatic rings. The SMILES string of the molecule is CCCS(=O)(=O)NCC(=O)NCc1ccccc1Cl. The quantitative estimate of drug-likeness (QED) is 0.797. The van der Waals surface area contributed by atoms with E-state index in [2.05, 4.69) is 10.0 Å². The molecule has 1 aromatic carbocycles. The predicted octanol–water partition coefficient (Wildman–Crippen LogP) is 1.29. The average molecular weight is 305 g/mol. The lowest BCUT2D eigenvalue weighted by Crippen LogP contribution is -2.37. The third-order valence-corrected chi connectivity index (χ3v) is 4.26. The zero-order valence-corrected chi connectivity index (χ0v) is 12.2. The van der Waals surface area contributed by atoms with E-state index in [4.69, 9.17) is 11.6 Å². The van der Waals surface area contributed by atoms with Crippen LogP contribution in [-0.4, -0.2) is 26.6 Å². The van der Waals surface area contributed by atoms with Gasteiger partial charge >= 0.3 is 0 Å². The number of halogens is 1. The van der Waals surface area contributed by atoms with Gasteiger partial charge in [-0.2, -0.15) is 0 Å². The Bertz CT molecular complexity index is 532. The van der Waals surface area contributed by atoms with Gasteiger partial charge in [-0.3, -0.25) is 4.79 Å². The molecule has 1 amide bonds. The Morgan fingerprint density at radius 3 is 2.63 bits per heavy atom. The smallest absolute Gasteiger partial charge is 0.235 e. The minimum absolute atomic E-state index is 0.0186. The third kappa shape index (κ3) is 6.04. The maximum Gasteiger partial charge on any atom is 0.235 e. The summed E-state index contributed by atoms with van der Waals surface area (Å²) in [6, 6.07) is 7.14. The number of carbonyl (C=O) groups excluding carboxylic acids is 1. The molecule has 1 rings (SSSR count). The molecule has 0 saturated carbocycles. The summed E-state index contributed by atoms with van der Waals surface area (Å²) >= 11 is 5.94. The number of hydrogen-bond acceptors (Lipinski definition) is 3. The Morgan fingerprint density at radius 1 is 1.32 bits per heavy atom. The van der Waals surface area contributed by atoms with Gasteiger partial charge in [0.1, 0.15) is 0 Å². The van der Waals surface area contributed by atoms with Crippen LogP contribution >= 0.6 is 11.6 Å². The highest BCUT2D eigenvalue weighted by Crippen LogP contribution is 2.13. The monoisotopic (exact) mass is 304 g/mol. The topological polar surface area (TPSA) is 75.3 Å². The Hall–Kier alpha value is -1.11. The fraction of sp³-hybridized carbons (Fsp3) is 0.417. The van der Waals surface area contributed by atoms with Crippen molar-refractivity contribution in [2.75, 3.05) is 12.3 Å². The highest BCUT2D eigenvalue weighted by molar-refractivity contribution is 7.89. The van der Waals surface area contributed by atoms with Crippen LogP contribution in [0.4, 0.5) is 0 Å². The zero-order valence-electron chi connectivity index (χ0n) is 10.6. The summed E-state index contributed by atoms with van der Waals surface area (Å²) in [6.07, 6.45) is 0.510. The van der Waals surface area contributed by atoms with Gasteiger partial charge < -0.3 is 5.32 Å². The maximum absolute atomic E-state index is 11.5. The molecule has 0 spiro atoms. The third-order valence-electron chi connectivity index (χ3n) is 2.36. The van der Waals surface area contributed by atoms with E-state index in [1.165, 1.54) is 0 Å². The van der Waals surface area contributed by atoms with Crippen LogP contribution in [0.5, 0.6) is 0 Å². The van der Waals surface area contributed by atoms with Crippen molar-refractivity contribution in [3.05, 3.63) is 34.9 Å². The maximum atomic E-state index is 11.5. The lowest BCUT2D eigenvalue weighted by molar-refractivity contribution is -0.120. The number of sulfonamides is 1. The first-order valence-electron chi connectivity index (χ1n) is 5.92. The number of amides is 1. The lowest BCUT2D eigenvalue weighted by Gasteiger charge is -2.08. The summed E-state index contributed by atoms with van der Waals surface area (Å²) in [4.78, 5) is 11.5. The van der Waals surface area contributed by atoms with Gasteiger partial charge in [-0.05, 0) is 18.1 Å². The fourth-order valence-electron chi connectivity index (χ4n) is 1.41. The molecule has 0 aliphatic carbocycles. The Labute approximate surface area is 118 Å². The molecule has 0 radical (unpaired) electrons. The van der Waals surface area contributed by atoms with E-state index in [1.54, 1.807) is 25.1 Å². The van der Waals surface area contributed by atoms with Gasteiger partial charge in [-0.1, -0.05) is 36.7 Å². The van der Waals surface area contributed by atoms with E-state index < -0.39 is 10.0 Å². The Morgan fingerprint density at radius 2 is 2.00 bits per heavy atom. The largest absolute Gasteiger partial charge is 0.351 e. The minimum atomic E-state index is -3.35. The number of nitrogens with one attached hydrogen (secondary N) is 2. The van der Waals surface area contributed by atoms with Gasteiger partial charge in [0.15, 0.2) is 0 Å². The molecule has 106 valence electrons. The van der Waals surface area contributed by atoms with Gasteiger partial charge in [0.05, 0.1) is 12.3 Å². The summed E-state index contributed by atoms with van der Waals surface area (Å²) in [5.74, 6) is -0.371. The van der Waals surface area contributed by atoms with Crippen LogP contribution in [-0.2, 0) is 21.4 Å². The molecule has 1 aromatic rings. The number of benzene rings is 1. The summed E-state index contributed by atoms with van der Waals surface area (Å²) in [6.45, 7) is 1.78. The summed E-state index contributed by atoms with van der Waals surface area (Å²) in [7, 11) is -3.35. The first-order valence-corrected chi connectivity index (χ1v) is 7.95. The standard InChI is InChI=1S/C12H17ClN2O3S/c1-2-7-19(17,18)15-9-12(16)14-8-10-5-3-4-6-11(10)13/h3-6,15H,2,7-9H2,1H3,(H,14,16). The van der Waals surface area contributed by atoms with Gasteiger partial charge in [0.25, 0.3) is 0 Å². The molecule has 0 bridgehead atoms. The van der Waals surface area contributed by atoms with E-state index in [0.717, 1.165) is 5.56 Å². The summed E-state index contributed by atoms with van der Waals surface area (Å²) < 4.78 is 24.9. The zero-order chi connectivity index (χ0) is 14.3. The van der Waals surface area contributed by atoms with Crippen molar-refractivity contribution < 1.29 is 13.2 Å². The van der Waals surface area contributed by atoms with Crippen LogP contribution in [0.2, 0.25) is 5.02 Å². The molecule has 0 aliphatic heterocycles. The Balaban J connectivity index is 2.39. The number of rotatable bonds is 7. The lowest BCUT2D eigenvalue weighted by atomic mass is 10.2. The van der Waals surface area contributed by atoms with Crippen molar-refractivity contribution in [2.45, 2.75) is 19.9 Å². The van der Waals surface area contributed by atoms with Crippen LogP contribution in [0.25, 0.3) is 0 Å². The van der Waals surface area contributed by atoms with Gasteiger partial charge in [0, 0.05) is 11.6 Å². The van der Waals surface area contributed by atoms with Crippen molar-refractivity contribution >= 4 is 27.5 Å². The van der Waals surface area contributed by atoms with E-state index in [1.807, 2.05) is 6.07 Å². The first kappa shape index (κ1) is 15.9. The molecule has 2 N–H and O–H groups in total. The molecular formula is C12H17ClN2O3S. The van der Waals surface area contributed by atoms with E-state index >= 15 is 0 Å². The highest BCUT2D eigenvalue weighted by Gasteiger charge is 2.11. The summed E-state index contributed by atoms with van der Waals surface area (Å²) in [5, 5.41) is 3.17. The second kappa shape index (κ2) is 7.47. The van der Waals surface area contributed by atoms with Gasteiger partial charge in [0.2, 0.25) is 15.9 Å². The minimum Gasteiger partial charge on any atom is -0.351 e. The molecule has 0 aromatic heterocycles. The van der Waals surface area contributed by atoms with E-state index in [9.17, 15) is 13.2 Å². The van der Waals surface area contributed by atoms with E-state index in [0.29, 0.717) is 11.4 Å². The molecule has 19 heavy (non-hydrogen) atoms. The van der Waals surface area contributed by atoms with Crippen LogP contribution in [0, 0.1) is 0 Å². The van der Waals surface area contributed by atoms with Crippen molar-refractivity contribution in [1.29, 1.82) is 0 Å². The van der Waals surface area contributed by atoms with Crippen molar-refractivity contribution in [1.82, 2.24) is 10.0 Å². The molecule has 5 nitrogen and oxygen atoms in total. The highest BCUT2D eigenvalue weighted by atomic mass is 35.5. The van der Waals surface area contributed by atoms with Gasteiger partial charge in [-0.15, -0.1) is 0 Å². The van der Waals surface area contributed by atoms with Crippen molar-refractivity contribution in [3.8, 4) is 0 Å². The van der Waals surface area contributed by atoms with E-state index in [-0.39, 0.29) is 24.7 Å². The van der Waals surface area contributed by atoms with Crippen LogP contribution < -0.4 is 10.0 Å². The molecule has 0 fully saturated rings. The van der Waals surface area contributed by atoms with Crippen LogP contribution in [0.1, 0.15) is 18.9 Å². The number of carbonyl (C=O) groups is 1. The molecule has 0 saturated heterocycles. The normalized spacial score (nSPS) is 11.3. The predicted molar refractivity (Wildman–Crippen MR) is 75.4 cm³/mol. The molecule has 0 heterocycles. The number of hydrogen-bond donors (Lipinski definition) is 2. The first-order chi connectivity index (χ1) is 8.94.